The lowest BCUT2D eigenvalue weighted by atomic mass is 9.97. The summed E-state index contributed by atoms with van der Waals surface area (Å²) >= 11 is 0. The van der Waals surface area contributed by atoms with Gasteiger partial charge in [-0.25, -0.2) is 9.59 Å². The van der Waals surface area contributed by atoms with Crippen LogP contribution in [0.15, 0.2) is 60.7 Å². The number of piperidine rings is 1. The number of amides is 3. The first-order valence-corrected chi connectivity index (χ1v) is 10.3. The molecule has 154 valence electrons. The molecule has 0 unspecified atom stereocenters. The number of aryl methyl sites for hydroxylation is 1. The molecular weight excluding hydrogens is 366 g/mol. The van der Waals surface area contributed by atoms with Gasteiger partial charge in [0.2, 0.25) is 0 Å². The van der Waals surface area contributed by atoms with Crippen molar-refractivity contribution in [2.24, 2.45) is 5.92 Å². The van der Waals surface area contributed by atoms with Crippen LogP contribution >= 0.6 is 0 Å². The van der Waals surface area contributed by atoms with Crippen molar-refractivity contribution in [3.05, 3.63) is 66.2 Å². The predicted octanol–water partition coefficient (Wildman–Crippen LogP) is 3.83. The zero-order valence-electron chi connectivity index (χ0n) is 16.7. The van der Waals surface area contributed by atoms with Gasteiger partial charge in [0.05, 0.1) is 0 Å². The quantitative estimate of drug-likeness (QED) is 0.700. The monoisotopic (exact) mass is 395 g/mol. The number of nitrogens with one attached hydrogen (secondary N) is 2. The summed E-state index contributed by atoms with van der Waals surface area (Å²) in [7, 11) is 0. The summed E-state index contributed by atoms with van der Waals surface area (Å²) in [4.78, 5) is 25.9. The minimum atomic E-state index is -0.307. The number of nitrogens with zero attached hydrogens (tertiary/aromatic N) is 1. The van der Waals surface area contributed by atoms with E-state index in [1.54, 1.807) is 17.0 Å². The number of likely N-dealkylation sites (tertiary alicyclic amines) is 1. The molecule has 1 heterocycles. The summed E-state index contributed by atoms with van der Waals surface area (Å²) in [6, 6.07) is 19.2. The smallest absolute Gasteiger partial charge is 0.410 e. The van der Waals surface area contributed by atoms with Gasteiger partial charge in [0.15, 0.2) is 0 Å². The topological polar surface area (TPSA) is 70.7 Å². The van der Waals surface area contributed by atoms with Crippen LogP contribution in [0.1, 0.15) is 24.8 Å². The maximum Gasteiger partial charge on any atom is 0.415 e. The van der Waals surface area contributed by atoms with Crippen LogP contribution in [0, 0.1) is 5.92 Å². The minimum absolute atomic E-state index is 0.121. The van der Waals surface area contributed by atoms with Gasteiger partial charge in [0.1, 0.15) is 5.75 Å². The Balaban J connectivity index is 1.26. The number of hydrogen-bond donors (Lipinski definition) is 2. The average Bonchev–Trinajstić information content (AvgIpc) is 2.77. The minimum Gasteiger partial charge on any atom is -0.410 e. The molecule has 6 heteroatoms. The van der Waals surface area contributed by atoms with Crippen molar-refractivity contribution in [1.82, 2.24) is 15.5 Å². The summed E-state index contributed by atoms with van der Waals surface area (Å²) < 4.78 is 5.38. The second kappa shape index (κ2) is 11.1. The molecule has 0 bridgehead atoms. The van der Waals surface area contributed by atoms with Gasteiger partial charge in [0, 0.05) is 26.2 Å². The fraction of sp³-hybridized carbons (Fsp3) is 0.391. The second-order valence-corrected chi connectivity index (χ2v) is 7.34. The van der Waals surface area contributed by atoms with Gasteiger partial charge < -0.3 is 20.3 Å². The summed E-state index contributed by atoms with van der Waals surface area (Å²) in [5, 5.41) is 5.86. The van der Waals surface area contributed by atoms with E-state index in [0.717, 1.165) is 25.7 Å². The molecule has 2 N–H and O–H groups in total. The Labute approximate surface area is 172 Å². The van der Waals surface area contributed by atoms with Crippen molar-refractivity contribution >= 4 is 12.1 Å². The maximum atomic E-state index is 12.2. The molecule has 2 aromatic carbocycles. The van der Waals surface area contributed by atoms with Gasteiger partial charge in [-0.1, -0.05) is 48.5 Å². The first-order chi connectivity index (χ1) is 14.2. The molecule has 2 aromatic rings. The predicted molar refractivity (Wildman–Crippen MR) is 113 cm³/mol. The third kappa shape index (κ3) is 7.14. The molecule has 0 spiro atoms. The molecule has 0 aliphatic carbocycles. The van der Waals surface area contributed by atoms with Crippen molar-refractivity contribution < 1.29 is 14.3 Å². The van der Waals surface area contributed by atoms with E-state index in [1.165, 1.54) is 5.56 Å². The van der Waals surface area contributed by atoms with Gasteiger partial charge in [-0.15, -0.1) is 0 Å². The van der Waals surface area contributed by atoms with E-state index in [9.17, 15) is 9.59 Å². The highest BCUT2D eigenvalue weighted by Crippen LogP contribution is 2.18. The molecule has 1 saturated heterocycles. The Morgan fingerprint density at radius 3 is 2.28 bits per heavy atom. The van der Waals surface area contributed by atoms with Crippen LogP contribution in [0.5, 0.6) is 5.75 Å². The Morgan fingerprint density at radius 1 is 0.931 bits per heavy atom. The van der Waals surface area contributed by atoms with Crippen LogP contribution < -0.4 is 15.4 Å². The van der Waals surface area contributed by atoms with Gasteiger partial charge in [0.25, 0.3) is 0 Å². The van der Waals surface area contributed by atoms with Gasteiger partial charge >= 0.3 is 12.1 Å². The van der Waals surface area contributed by atoms with Crippen molar-refractivity contribution in [2.75, 3.05) is 26.2 Å². The summed E-state index contributed by atoms with van der Waals surface area (Å²) in [5.74, 6) is 0.941. The third-order valence-electron chi connectivity index (χ3n) is 5.14. The Kier molecular flexibility index (Phi) is 7.92. The molecule has 6 nitrogen and oxygen atoms in total. The molecule has 0 aromatic heterocycles. The largest absolute Gasteiger partial charge is 0.415 e. The van der Waals surface area contributed by atoms with E-state index in [0.29, 0.717) is 37.8 Å². The van der Waals surface area contributed by atoms with Gasteiger partial charge in [-0.05, 0) is 49.3 Å². The fourth-order valence-corrected chi connectivity index (χ4v) is 3.41. The van der Waals surface area contributed by atoms with Crippen molar-refractivity contribution in [3.63, 3.8) is 0 Å². The number of rotatable bonds is 7. The zero-order valence-corrected chi connectivity index (χ0v) is 16.7. The zero-order chi connectivity index (χ0) is 20.3. The van der Waals surface area contributed by atoms with Crippen LogP contribution in [0.4, 0.5) is 9.59 Å². The van der Waals surface area contributed by atoms with E-state index in [-0.39, 0.29) is 12.1 Å². The highest BCUT2D eigenvalue weighted by molar-refractivity contribution is 5.73. The molecular formula is C23H29N3O3. The summed E-state index contributed by atoms with van der Waals surface area (Å²) in [5.41, 5.74) is 1.28. The number of carbonyl (C=O) groups excluding carboxylic acids is 2. The van der Waals surface area contributed by atoms with E-state index in [2.05, 4.69) is 22.8 Å². The lowest BCUT2D eigenvalue weighted by Gasteiger charge is -2.31. The molecule has 1 fully saturated rings. The molecule has 3 amide bonds. The fourth-order valence-electron chi connectivity index (χ4n) is 3.41. The van der Waals surface area contributed by atoms with Gasteiger partial charge in [-0.3, -0.25) is 0 Å². The van der Waals surface area contributed by atoms with Crippen LogP contribution in [-0.2, 0) is 6.42 Å². The Hall–Kier alpha value is -3.02. The number of benzene rings is 2. The standard InChI is InChI=1S/C23H29N3O3/c27-22(24-15-7-10-19-8-3-1-4-9-19)25-18-20-13-16-26(17-14-20)23(28)29-21-11-5-2-6-12-21/h1-6,8-9,11-12,20H,7,10,13-18H2,(H2,24,25,27). The molecule has 1 aliphatic heterocycles. The van der Waals surface area contributed by atoms with E-state index >= 15 is 0 Å². The average molecular weight is 396 g/mol. The Bertz CT molecular complexity index is 759. The van der Waals surface area contributed by atoms with Crippen molar-refractivity contribution in [2.45, 2.75) is 25.7 Å². The van der Waals surface area contributed by atoms with Crippen LogP contribution in [0.3, 0.4) is 0 Å². The number of hydrogen-bond acceptors (Lipinski definition) is 3. The summed E-state index contributed by atoms with van der Waals surface area (Å²) in [6.07, 6.45) is 3.28. The van der Waals surface area contributed by atoms with Crippen LogP contribution in [0.2, 0.25) is 0 Å². The highest BCUT2D eigenvalue weighted by Gasteiger charge is 2.24. The summed E-state index contributed by atoms with van der Waals surface area (Å²) in [6.45, 7) is 2.59. The van der Waals surface area contributed by atoms with Crippen LogP contribution in [0.25, 0.3) is 0 Å². The van der Waals surface area contributed by atoms with Crippen LogP contribution in [-0.4, -0.2) is 43.2 Å². The Morgan fingerprint density at radius 2 is 1.59 bits per heavy atom. The number of para-hydroxylation sites is 1. The van der Waals surface area contributed by atoms with E-state index < -0.39 is 0 Å². The molecule has 3 rings (SSSR count). The highest BCUT2D eigenvalue weighted by atomic mass is 16.6. The number of ether oxygens (including phenoxy) is 1. The van der Waals surface area contributed by atoms with E-state index in [1.807, 2.05) is 36.4 Å². The van der Waals surface area contributed by atoms with Crippen molar-refractivity contribution in [3.8, 4) is 5.75 Å². The lowest BCUT2D eigenvalue weighted by Crippen LogP contribution is -2.44. The van der Waals surface area contributed by atoms with Crippen molar-refractivity contribution in [1.29, 1.82) is 0 Å². The first kappa shape index (κ1) is 20.7. The van der Waals surface area contributed by atoms with E-state index in [4.69, 9.17) is 4.74 Å². The molecule has 0 radical (unpaired) electrons. The molecule has 29 heavy (non-hydrogen) atoms. The maximum absolute atomic E-state index is 12.2. The molecule has 0 atom stereocenters. The molecule has 1 aliphatic rings. The first-order valence-electron chi connectivity index (χ1n) is 10.3. The number of carbonyl (C=O) groups is 2. The van der Waals surface area contributed by atoms with Gasteiger partial charge in [-0.2, -0.15) is 0 Å². The SMILES string of the molecule is O=C(NCCCc1ccccc1)NCC1CCN(C(=O)Oc2ccccc2)CC1. The normalized spacial score (nSPS) is 14.3. The number of urea groups is 1. The third-order valence-corrected chi connectivity index (χ3v) is 5.14. The molecule has 0 saturated carbocycles. The second-order valence-electron chi connectivity index (χ2n) is 7.34. The lowest BCUT2D eigenvalue weighted by molar-refractivity contribution is 0.130.